The predicted molar refractivity (Wildman–Crippen MR) is 116 cm³/mol. The summed E-state index contributed by atoms with van der Waals surface area (Å²) in [5.41, 5.74) is 0.955. The minimum absolute atomic E-state index is 0.0342. The van der Waals surface area contributed by atoms with E-state index in [-0.39, 0.29) is 28.2 Å². The van der Waals surface area contributed by atoms with Crippen LogP contribution in [0, 0.1) is 0 Å². The number of piperidine rings is 1. The van der Waals surface area contributed by atoms with E-state index < -0.39 is 26.9 Å². The molecule has 1 unspecified atom stereocenters. The van der Waals surface area contributed by atoms with Crippen LogP contribution in [0.4, 0.5) is 10.5 Å². The Bertz CT molecular complexity index is 1080. The van der Waals surface area contributed by atoms with Gasteiger partial charge in [0.25, 0.3) is 0 Å². The summed E-state index contributed by atoms with van der Waals surface area (Å²) in [6.07, 6.45) is 2.77. The number of carbonyl (C=O) groups is 1. The fourth-order valence-electron chi connectivity index (χ4n) is 4.13. The van der Waals surface area contributed by atoms with Gasteiger partial charge in [-0.15, -0.1) is 0 Å². The molecule has 2 amide bonds. The fourth-order valence-corrected chi connectivity index (χ4v) is 6.47. The van der Waals surface area contributed by atoms with Gasteiger partial charge in [0, 0.05) is 25.2 Å². The lowest BCUT2D eigenvalue weighted by atomic mass is 10.1. The molecule has 0 radical (unpaired) electrons. The van der Waals surface area contributed by atoms with Crippen molar-refractivity contribution in [3.8, 4) is 5.75 Å². The molecule has 2 aliphatic rings. The number of urea groups is 1. The van der Waals surface area contributed by atoms with Crippen molar-refractivity contribution in [2.75, 3.05) is 32.0 Å². The van der Waals surface area contributed by atoms with Gasteiger partial charge in [0.2, 0.25) is 0 Å². The maximum atomic E-state index is 13.1. The lowest BCUT2D eigenvalue weighted by Crippen LogP contribution is -2.41. The largest absolute Gasteiger partial charge is 0.504 e. The molecule has 3 heterocycles. The molecule has 0 aliphatic carbocycles. The van der Waals surface area contributed by atoms with E-state index in [0.717, 1.165) is 18.7 Å². The maximum absolute atomic E-state index is 13.1. The highest BCUT2D eigenvalue weighted by molar-refractivity contribution is 7.92. The third-order valence-corrected chi connectivity index (χ3v) is 8.33. The number of likely N-dealkylation sites (N-methyl/N-ethyl adjacent to an activating group) is 1. The van der Waals surface area contributed by atoms with Crippen molar-refractivity contribution < 1.29 is 22.7 Å². The normalized spacial score (nSPS) is 22.0. The first-order valence-electron chi connectivity index (χ1n) is 10.1. The molecule has 2 aliphatic heterocycles. The van der Waals surface area contributed by atoms with Crippen molar-refractivity contribution in [1.29, 1.82) is 0 Å². The van der Waals surface area contributed by atoms with E-state index in [0.29, 0.717) is 25.1 Å². The minimum atomic E-state index is -3.89. The standard InChI is InChI=1S/C20H25ClN4O5S/c1-25-10-12-6-8-30-18(12)16(11-25)24-20(27)23-15-5-4-14(21)19(17(15)26)31(28,29)13-3-2-7-22-9-13/h4-6,8,13,16,22,26H,2-3,7,9-11H2,1H3,(H2,23,24,27)/t13-,16?/m0/s1. The zero-order chi connectivity index (χ0) is 22.2. The molecule has 4 rings (SSSR count). The van der Waals surface area contributed by atoms with E-state index in [1.165, 1.54) is 12.1 Å². The number of nitrogens with zero attached hydrogens (tertiary/aromatic N) is 1. The number of phenols is 1. The molecule has 4 N–H and O–H groups in total. The van der Waals surface area contributed by atoms with Gasteiger partial charge < -0.3 is 25.5 Å². The lowest BCUT2D eigenvalue weighted by molar-refractivity contribution is 0.220. The molecule has 11 heteroatoms. The van der Waals surface area contributed by atoms with Crippen LogP contribution in [0.25, 0.3) is 0 Å². The van der Waals surface area contributed by atoms with Crippen LogP contribution in [-0.2, 0) is 16.4 Å². The van der Waals surface area contributed by atoms with Crippen molar-refractivity contribution in [3.63, 3.8) is 0 Å². The van der Waals surface area contributed by atoms with Crippen LogP contribution in [0.3, 0.4) is 0 Å². The van der Waals surface area contributed by atoms with Crippen molar-refractivity contribution in [2.24, 2.45) is 0 Å². The Morgan fingerprint density at radius 2 is 2.16 bits per heavy atom. The molecule has 9 nitrogen and oxygen atoms in total. The highest BCUT2D eigenvalue weighted by Gasteiger charge is 2.34. The van der Waals surface area contributed by atoms with Crippen LogP contribution in [0.5, 0.6) is 5.75 Å². The monoisotopic (exact) mass is 468 g/mol. The van der Waals surface area contributed by atoms with Crippen molar-refractivity contribution >= 4 is 33.2 Å². The van der Waals surface area contributed by atoms with Crippen molar-refractivity contribution in [2.45, 2.75) is 35.6 Å². The molecule has 2 aromatic rings. The number of anilines is 1. The van der Waals surface area contributed by atoms with Gasteiger partial charge in [-0.2, -0.15) is 0 Å². The number of hydrogen-bond donors (Lipinski definition) is 4. The Balaban J connectivity index is 1.55. The van der Waals surface area contributed by atoms with Gasteiger partial charge in [0.15, 0.2) is 15.6 Å². The second-order valence-corrected chi connectivity index (χ2v) is 10.5. The quantitative estimate of drug-likeness (QED) is 0.508. The highest BCUT2D eigenvalue weighted by atomic mass is 35.5. The molecule has 1 fully saturated rings. The van der Waals surface area contributed by atoms with Gasteiger partial charge >= 0.3 is 6.03 Å². The number of nitrogens with one attached hydrogen (secondary N) is 3. The fraction of sp³-hybridized carbons (Fsp3) is 0.450. The Kier molecular flexibility index (Phi) is 6.16. The van der Waals surface area contributed by atoms with Crippen LogP contribution in [-0.4, -0.2) is 56.4 Å². The summed E-state index contributed by atoms with van der Waals surface area (Å²) in [7, 11) is -1.95. The first kappa shape index (κ1) is 21.9. The molecule has 0 spiro atoms. The van der Waals surface area contributed by atoms with Crippen LogP contribution >= 0.6 is 11.6 Å². The summed E-state index contributed by atoms with van der Waals surface area (Å²) in [6, 6.07) is 3.62. The second kappa shape index (κ2) is 8.70. The number of halogens is 1. The Labute approximate surface area is 185 Å². The number of benzene rings is 1. The van der Waals surface area contributed by atoms with Gasteiger partial charge in [0.05, 0.1) is 22.2 Å². The lowest BCUT2D eigenvalue weighted by Gasteiger charge is -2.29. The summed E-state index contributed by atoms with van der Waals surface area (Å²) >= 11 is 6.15. The number of carbonyl (C=O) groups excluding carboxylic acids is 1. The summed E-state index contributed by atoms with van der Waals surface area (Å²) < 4.78 is 31.7. The average molecular weight is 469 g/mol. The molecular weight excluding hydrogens is 444 g/mol. The molecule has 1 aromatic heterocycles. The average Bonchev–Trinajstić information content (AvgIpc) is 3.19. The van der Waals surface area contributed by atoms with Gasteiger partial charge in [0.1, 0.15) is 16.7 Å². The minimum Gasteiger partial charge on any atom is -0.504 e. The van der Waals surface area contributed by atoms with Crippen LogP contribution < -0.4 is 16.0 Å². The molecule has 1 saturated heterocycles. The topological polar surface area (TPSA) is 124 Å². The highest BCUT2D eigenvalue weighted by Crippen LogP contribution is 2.39. The number of fused-ring (bicyclic) bond motifs is 1. The van der Waals surface area contributed by atoms with E-state index in [1.807, 2.05) is 18.0 Å². The Morgan fingerprint density at radius 1 is 1.35 bits per heavy atom. The van der Waals surface area contributed by atoms with E-state index in [2.05, 4.69) is 16.0 Å². The zero-order valence-electron chi connectivity index (χ0n) is 17.0. The third kappa shape index (κ3) is 4.38. The molecular formula is C20H25ClN4O5S. The van der Waals surface area contributed by atoms with Crippen LogP contribution in [0.2, 0.25) is 5.02 Å². The van der Waals surface area contributed by atoms with E-state index in [1.54, 1.807) is 6.26 Å². The van der Waals surface area contributed by atoms with Crippen molar-refractivity contribution in [1.82, 2.24) is 15.5 Å². The molecule has 168 valence electrons. The molecule has 2 atom stereocenters. The molecule has 1 aromatic carbocycles. The van der Waals surface area contributed by atoms with Crippen molar-refractivity contribution in [3.05, 3.63) is 40.8 Å². The summed E-state index contributed by atoms with van der Waals surface area (Å²) in [5, 5.41) is 18.3. The van der Waals surface area contributed by atoms with E-state index in [9.17, 15) is 18.3 Å². The number of hydrogen-bond acceptors (Lipinski definition) is 7. The first-order chi connectivity index (χ1) is 14.8. The maximum Gasteiger partial charge on any atom is 0.319 e. The number of sulfone groups is 1. The Hall–Kier alpha value is -2.27. The van der Waals surface area contributed by atoms with Gasteiger partial charge in [-0.25, -0.2) is 13.2 Å². The smallest absolute Gasteiger partial charge is 0.319 e. The zero-order valence-corrected chi connectivity index (χ0v) is 18.6. The number of rotatable bonds is 4. The van der Waals surface area contributed by atoms with Gasteiger partial charge in [-0.3, -0.25) is 4.90 Å². The summed E-state index contributed by atoms with van der Waals surface area (Å²) in [4.78, 5) is 14.3. The number of aromatic hydroxyl groups is 1. The molecule has 31 heavy (non-hydrogen) atoms. The second-order valence-electron chi connectivity index (χ2n) is 7.94. The van der Waals surface area contributed by atoms with E-state index in [4.69, 9.17) is 16.0 Å². The summed E-state index contributed by atoms with van der Waals surface area (Å²) in [6.45, 7) is 2.31. The van der Waals surface area contributed by atoms with Crippen LogP contribution in [0.1, 0.15) is 30.2 Å². The first-order valence-corrected chi connectivity index (χ1v) is 12.0. The van der Waals surface area contributed by atoms with E-state index >= 15 is 0 Å². The van der Waals surface area contributed by atoms with Crippen LogP contribution in [0.15, 0.2) is 33.8 Å². The molecule has 0 saturated carbocycles. The summed E-state index contributed by atoms with van der Waals surface area (Å²) in [5.74, 6) is 0.120. The Morgan fingerprint density at radius 3 is 2.90 bits per heavy atom. The number of phenolic OH excluding ortho intramolecular Hbond substituents is 1. The number of amides is 2. The number of furan rings is 1. The molecule has 0 bridgehead atoms. The SMILES string of the molecule is CN1Cc2ccoc2C(NC(=O)Nc2ccc(Cl)c(S(=O)(=O)[C@H]3CCCNC3)c2O)C1. The third-order valence-electron chi connectivity index (χ3n) is 5.64. The van der Waals surface area contributed by atoms with Gasteiger partial charge in [-0.05, 0) is 44.6 Å². The predicted octanol–water partition coefficient (Wildman–Crippen LogP) is 2.47. The van der Waals surface area contributed by atoms with Gasteiger partial charge in [-0.1, -0.05) is 11.6 Å².